The number of nitrogens with one attached hydrogen (secondary N) is 1. The predicted octanol–water partition coefficient (Wildman–Crippen LogP) is 1.76. The van der Waals surface area contributed by atoms with E-state index in [2.05, 4.69) is 30.4 Å². The minimum atomic E-state index is 0.125. The molecule has 1 heterocycles. The lowest BCUT2D eigenvalue weighted by Gasteiger charge is -2.35. The van der Waals surface area contributed by atoms with Gasteiger partial charge in [-0.2, -0.15) is 0 Å². The van der Waals surface area contributed by atoms with Crippen LogP contribution in [0.25, 0.3) is 0 Å². The van der Waals surface area contributed by atoms with Gasteiger partial charge in [0.05, 0.1) is 18.8 Å². The summed E-state index contributed by atoms with van der Waals surface area (Å²) in [6.07, 6.45) is 2.37. The molecular formula is C13H17NO. The number of morpholine rings is 1. The maximum Gasteiger partial charge on any atom is 0.0691 e. The molecule has 2 heteroatoms. The van der Waals surface area contributed by atoms with E-state index in [0.29, 0.717) is 0 Å². The van der Waals surface area contributed by atoms with E-state index in [1.165, 1.54) is 29.5 Å². The lowest BCUT2D eigenvalue weighted by atomic mass is 9.91. The van der Waals surface area contributed by atoms with E-state index in [0.717, 1.165) is 19.8 Å². The normalized spacial score (nSPS) is 29.4. The summed E-state index contributed by atoms with van der Waals surface area (Å²) < 4.78 is 5.64. The topological polar surface area (TPSA) is 21.3 Å². The summed E-state index contributed by atoms with van der Waals surface area (Å²) in [5, 5.41) is 3.65. The van der Waals surface area contributed by atoms with Gasteiger partial charge >= 0.3 is 0 Å². The summed E-state index contributed by atoms with van der Waals surface area (Å²) in [6, 6.07) is 6.81. The molecule has 1 atom stereocenters. The first kappa shape index (κ1) is 9.37. The fourth-order valence-corrected chi connectivity index (χ4v) is 2.83. The highest BCUT2D eigenvalue weighted by Gasteiger charge is 2.40. The lowest BCUT2D eigenvalue weighted by molar-refractivity contribution is 0.0260. The van der Waals surface area contributed by atoms with E-state index in [9.17, 15) is 0 Å². The fourth-order valence-electron chi connectivity index (χ4n) is 2.83. The molecule has 0 radical (unpaired) electrons. The number of benzene rings is 1. The Morgan fingerprint density at radius 2 is 2.33 bits per heavy atom. The molecule has 0 unspecified atom stereocenters. The van der Waals surface area contributed by atoms with Crippen molar-refractivity contribution in [3.8, 4) is 0 Å². The van der Waals surface area contributed by atoms with Crippen LogP contribution in [0.4, 0.5) is 0 Å². The van der Waals surface area contributed by atoms with Gasteiger partial charge in [-0.15, -0.1) is 0 Å². The molecule has 2 nitrogen and oxygen atoms in total. The van der Waals surface area contributed by atoms with E-state index < -0.39 is 0 Å². The second-order valence-electron chi connectivity index (χ2n) is 4.72. The van der Waals surface area contributed by atoms with Crippen molar-refractivity contribution < 1.29 is 4.74 Å². The minimum Gasteiger partial charge on any atom is -0.378 e. The van der Waals surface area contributed by atoms with Crippen LogP contribution in [0.3, 0.4) is 0 Å². The number of hydrogen-bond acceptors (Lipinski definition) is 2. The van der Waals surface area contributed by atoms with Crippen molar-refractivity contribution >= 4 is 0 Å². The van der Waals surface area contributed by atoms with Gasteiger partial charge in [-0.25, -0.2) is 0 Å². The van der Waals surface area contributed by atoms with Crippen molar-refractivity contribution in [1.29, 1.82) is 0 Å². The second-order valence-corrected chi connectivity index (χ2v) is 4.72. The molecule has 1 aromatic carbocycles. The summed E-state index contributed by atoms with van der Waals surface area (Å²) in [7, 11) is 0. The minimum absolute atomic E-state index is 0.125. The molecule has 0 saturated carbocycles. The largest absolute Gasteiger partial charge is 0.378 e. The van der Waals surface area contributed by atoms with Crippen LogP contribution in [0.1, 0.15) is 23.1 Å². The van der Waals surface area contributed by atoms with Gasteiger partial charge in [-0.1, -0.05) is 23.8 Å². The van der Waals surface area contributed by atoms with Crippen LogP contribution in [0.15, 0.2) is 18.2 Å². The van der Waals surface area contributed by atoms with E-state index in [4.69, 9.17) is 4.74 Å². The summed E-state index contributed by atoms with van der Waals surface area (Å²) in [5.74, 6) is 0. The Kier molecular flexibility index (Phi) is 2.08. The molecule has 1 aliphatic heterocycles. The first-order valence-electron chi connectivity index (χ1n) is 5.73. The standard InChI is InChI=1S/C13H17NO/c1-10-2-3-11-4-5-13(12(11)8-10)9-15-7-6-14-13/h2-3,8,14H,4-7,9H2,1H3/t13-/m0/s1. The molecule has 1 aromatic rings. The molecule has 1 fully saturated rings. The zero-order valence-electron chi connectivity index (χ0n) is 9.18. The van der Waals surface area contributed by atoms with Gasteiger partial charge in [0.25, 0.3) is 0 Å². The van der Waals surface area contributed by atoms with Crippen LogP contribution in [-0.4, -0.2) is 19.8 Å². The Morgan fingerprint density at radius 3 is 3.13 bits per heavy atom. The number of ether oxygens (including phenoxy) is 1. The molecule has 1 saturated heterocycles. The highest BCUT2D eigenvalue weighted by Crippen LogP contribution is 2.38. The van der Waals surface area contributed by atoms with Crippen molar-refractivity contribution in [3.05, 3.63) is 34.9 Å². The van der Waals surface area contributed by atoms with Crippen LogP contribution < -0.4 is 5.32 Å². The maximum atomic E-state index is 5.64. The van der Waals surface area contributed by atoms with Crippen molar-refractivity contribution in [2.24, 2.45) is 0 Å². The van der Waals surface area contributed by atoms with Crippen molar-refractivity contribution in [2.45, 2.75) is 25.3 Å². The van der Waals surface area contributed by atoms with Gasteiger partial charge in [0.1, 0.15) is 0 Å². The molecular weight excluding hydrogens is 186 g/mol. The lowest BCUT2D eigenvalue weighted by Crippen LogP contribution is -2.50. The van der Waals surface area contributed by atoms with Gasteiger partial charge in [0.15, 0.2) is 0 Å². The Hall–Kier alpha value is -0.860. The SMILES string of the molecule is Cc1ccc2c(c1)[C@]1(CC2)COCCN1. The monoisotopic (exact) mass is 203 g/mol. The Morgan fingerprint density at radius 1 is 1.40 bits per heavy atom. The predicted molar refractivity (Wildman–Crippen MR) is 60.0 cm³/mol. The Balaban J connectivity index is 2.05. The number of rotatable bonds is 0. The van der Waals surface area contributed by atoms with Crippen LogP contribution in [-0.2, 0) is 16.7 Å². The van der Waals surface area contributed by atoms with Crippen LogP contribution >= 0.6 is 0 Å². The molecule has 0 aromatic heterocycles. The number of fused-ring (bicyclic) bond motifs is 2. The van der Waals surface area contributed by atoms with E-state index >= 15 is 0 Å². The van der Waals surface area contributed by atoms with Crippen molar-refractivity contribution in [3.63, 3.8) is 0 Å². The fraction of sp³-hybridized carbons (Fsp3) is 0.538. The van der Waals surface area contributed by atoms with E-state index in [1.54, 1.807) is 0 Å². The zero-order chi connectivity index (χ0) is 10.3. The molecule has 80 valence electrons. The summed E-state index contributed by atoms with van der Waals surface area (Å²) in [5.41, 5.74) is 4.45. The van der Waals surface area contributed by atoms with Crippen LogP contribution in [0, 0.1) is 6.92 Å². The maximum absolute atomic E-state index is 5.64. The summed E-state index contributed by atoms with van der Waals surface area (Å²) >= 11 is 0. The van der Waals surface area contributed by atoms with Gasteiger partial charge in [0.2, 0.25) is 0 Å². The third-order valence-electron chi connectivity index (χ3n) is 3.66. The van der Waals surface area contributed by atoms with Crippen LogP contribution in [0.5, 0.6) is 0 Å². The quantitative estimate of drug-likeness (QED) is 0.693. The first-order valence-corrected chi connectivity index (χ1v) is 5.73. The molecule has 0 amide bonds. The summed E-state index contributed by atoms with van der Waals surface area (Å²) in [4.78, 5) is 0. The first-order chi connectivity index (χ1) is 7.30. The molecule has 1 spiro atoms. The third-order valence-corrected chi connectivity index (χ3v) is 3.66. The molecule has 3 rings (SSSR count). The highest BCUT2D eigenvalue weighted by atomic mass is 16.5. The van der Waals surface area contributed by atoms with Crippen LogP contribution in [0.2, 0.25) is 0 Å². The smallest absolute Gasteiger partial charge is 0.0691 e. The highest BCUT2D eigenvalue weighted by molar-refractivity contribution is 5.41. The average molecular weight is 203 g/mol. The van der Waals surface area contributed by atoms with Gasteiger partial charge in [0, 0.05) is 6.54 Å². The molecule has 1 aliphatic carbocycles. The second kappa shape index (κ2) is 3.32. The third kappa shape index (κ3) is 1.40. The van der Waals surface area contributed by atoms with Gasteiger partial charge < -0.3 is 10.1 Å². The average Bonchev–Trinajstić information content (AvgIpc) is 2.59. The molecule has 0 bridgehead atoms. The molecule has 1 N–H and O–H groups in total. The van der Waals surface area contributed by atoms with E-state index in [-0.39, 0.29) is 5.54 Å². The number of hydrogen-bond donors (Lipinski definition) is 1. The van der Waals surface area contributed by atoms with Gasteiger partial charge in [-0.3, -0.25) is 0 Å². The Labute approximate surface area is 90.6 Å². The zero-order valence-corrected chi connectivity index (χ0v) is 9.18. The van der Waals surface area contributed by atoms with Crippen molar-refractivity contribution in [1.82, 2.24) is 5.32 Å². The van der Waals surface area contributed by atoms with Gasteiger partial charge in [-0.05, 0) is 30.9 Å². The summed E-state index contributed by atoms with van der Waals surface area (Å²) in [6.45, 7) is 4.83. The number of aryl methyl sites for hydroxylation is 2. The van der Waals surface area contributed by atoms with E-state index in [1.807, 2.05) is 0 Å². The van der Waals surface area contributed by atoms with Crippen molar-refractivity contribution in [2.75, 3.05) is 19.8 Å². The molecule has 15 heavy (non-hydrogen) atoms. The molecule has 2 aliphatic rings. The Bertz CT molecular complexity index is 375.